The van der Waals surface area contributed by atoms with Gasteiger partial charge < -0.3 is 4.74 Å². The topological polar surface area (TPSA) is 97.9 Å². The second kappa shape index (κ2) is 8.90. The van der Waals surface area contributed by atoms with E-state index in [4.69, 9.17) is 4.74 Å². The molecule has 0 aliphatic heterocycles. The predicted octanol–water partition coefficient (Wildman–Crippen LogP) is 5.03. The number of hydrazone groups is 1. The molecule has 4 rings (SSSR count). The van der Waals surface area contributed by atoms with E-state index in [0.29, 0.717) is 21.5 Å². The smallest absolute Gasteiger partial charge is 0.281 e. The molecule has 1 aromatic heterocycles. The fourth-order valence-electron chi connectivity index (χ4n) is 2.85. The van der Waals surface area contributed by atoms with Crippen molar-refractivity contribution in [2.75, 3.05) is 12.1 Å². The summed E-state index contributed by atoms with van der Waals surface area (Å²) in [4.78, 5) is 28.2. The van der Waals surface area contributed by atoms with E-state index in [2.05, 4.69) is 10.1 Å². The molecule has 0 saturated heterocycles. The monoisotopic (exact) mass is 450 g/mol. The van der Waals surface area contributed by atoms with Crippen molar-refractivity contribution in [2.24, 2.45) is 5.10 Å². The standard InChI is InChI=1S/C22H15FN4O4S/c1-31-18-8-5-14(6-9-18)13-24-26(21(28)15-3-2-4-17(11-15)27(29)30)22-25-19-10-7-16(23)12-20(19)32-22/h2-13H,1H3/b24-13+. The minimum Gasteiger partial charge on any atom is -0.497 e. The molecule has 160 valence electrons. The highest BCUT2D eigenvalue weighted by molar-refractivity contribution is 7.22. The maximum atomic E-state index is 13.6. The van der Waals surface area contributed by atoms with Crippen LogP contribution in [0, 0.1) is 15.9 Å². The zero-order valence-electron chi connectivity index (χ0n) is 16.6. The zero-order chi connectivity index (χ0) is 22.7. The second-order valence-corrected chi connectivity index (χ2v) is 7.56. The van der Waals surface area contributed by atoms with Crippen LogP contribution in [0.25, 0.3) is 10.2 Å². The quantitative estimate of drug-likeness (QED) is 0.233. The van der Waals surface area contributed by atoms with Gasteiger partial charge in [-0.1, -0.05) is 17.4 Å². The molecule has 0 unspecified atom stereocenters. The molecule has 0 spiro atoms. The molecule has 0 aliphatic rings. The summed E-state index contributed by atoms with van der Waals surface area (Å²) in [5, 5.41) is 16.7. The first-order valence-corrected chi connectivity index (χ1v) is 10.1. The number of thiazole rings is 1. The third-order valence-electron chi connectivity index (χ3n) is 4.45. The highest BCUT2D eigenvalue weighted by Gasteiger charge is 2.23. The number of nitro benzene ring substituents is 1. The Morgan fingerprint density at radius 1 is 1.19 bits per heavy atom. The van der Waals surface area contributed by atoms with Gasteiger partial charge in [-0.15, -0.1) is 0 Å². The molecule has 1 amide bonds. The summed E-state index contributed by atoms with van der Waals surface area (Å²) < 4.78 is 19.3. The van der Waals surface area contributed by atoms with Crippen molar-refractivity contribution in [3.8, 4) is 5.75 Å². The van der Waals surface area contributed by atoms with Gasteiger partial charge in [-0.3, -0.25) is 14.9 Å². The lowest BCUT2D eigenvalue weighted by Gasteiger charge is -2.13. The van der Waals surface area contributed by atoms with Crippen LogP contribution in [0.4, 0.5) is 15.2 Å². The summed E-state index contributed by atoms with van der Waals surface area (Å²) in [5.41, 5.74) is 1.04. The van der Waals surface area contributed by atoms with E-state index in [1.54, 1.807) is 31.4 Å². The number of rotatable bonds is 6. The van der Waals surface area contributed by atoms with Gasteiger partial charge in [0.15, 0.2) is 0 Å². The molecular weight excluding hydrogens is 435 g/mol. The molecule has 32 heavy (non-hydrogen) atoms. The van der Waals surface area contributed by atoms with Crippen LogP contribution in [-0.4, -0.2) is 29.1 Å². The van der Waals surface area contributed by atoms with Crippen LogP contribution in [0.3, 0.4) is 0 Å². The van der Waals surface area contributed by atoms with Crippen molar-refractivity contribution in [3.05, 3.63) is 93.8 Å². The van der Waals surface area contributed by atoms with Gasteiger partial charge in [0.1, 0.15) is 11.6 Å². The molecule has 0 bridgehead atoms. The number of ether oxygens (including phenoxy) is 1. The molecule has 0 fully saturated rings. The summed E-state index contributed by atoms with van der Waals surface area (Å²) in [5.74, 6) is -0.371. The minimum atomic E-state index is -0.613. The highest BCUT2D eigenvalue weighted by atomic mass is 32.1. The molecule has 8 nitrogen and oxygen atoms in total. The molecule has 10 heteroatoms. The number of carbonyl (C=O) groups is 1. The Labute approximate surface area is 185 Å². The number of anilines is 1. The van der Waals surface area contributed by atoms with Gasteiger partial charge in [0.05, 0.1) is 28.5 Å². The number of halogens is 1. The summed E-state index contributed by atoms with van der Waals surface area (Å²) in [6.07, 6.45) is 1.46. The van der Waals surface area contributed by atoms with Gasteiger partial charge in [-0.05, 0) is 54.1 Å². The third kappa shape index (κ3) is 4.44. The molecular formula is C22H15FN4O4S. The number of hydrogen-bond donors (Lipinski definition) is 0. The summed E-state index contributed by atoms with van der Waals surface area (Å²) >= 11 is 1.08. The number of nitro groups is 1. The van der Waals surface area contributed by atoms with Gasteiger partial charge in [0.25, 0.3) is 11.6 Å². The maximum absolute atomic E-state index is 13.6. The Kier molecular flexibility index (Phi) is 5.86. The SMILES string of the molecule is COc1ccc(/C=N/N(C(=O)c2cccc([N+](=O)[O-])c2)c2nc3ccc(F)cc3s2)cc1. The first-order valence-electron chi connectivity index (χ1n) is 9.27. The van der Waals surface area contributed by atoms with E-state index in [0.717, 1.165) is 16.3 Å². The zero-order valence-corrected chi connectivity index (χ0v) is 17.5. The van der Waals surface area contributed by atoms with Crippen molar-refractivity contribution in [2.45, 2.75) is 0 Å². The van der Waals surface area contributed by atoms with Gasteiger partial charge in [0.2, 0.25) is 5.13 Å². The van der Waals surface area contributed by atoms with Crippen molar-refractivity contribution < 1.29 is 18.8 Å². The van der Waals surface area contributed by atoms with Crippen LogP contribution in [0.5, 0.6) is 5.75 Å². The number of carbonyl (C=O) groups excluding carboxylic acids is 1. The average molecular weight is 450 g/mol. The summed E-state index contributed by atoms with van der Waals surface area (Å²) in [6, 6.07) is 16.4. The lowest BCUT2D eigenvalue weighted by atomic mass is 10.2. The number of non-ortho nitro benzene ring substituents is 1. The lowest BCUT2D eigenvalue weighted by Crippen LogP contribution is -2.25. The van der Waals surface area contributed by atoms with Crippen LogP contribution in [0.1, 0.15) is 15.9 Å². The molecule has 0 aliphatic carbocycles. The summed E-state index contributed by atoms with van der Waals surface area (Å²) in [6.45, 7) is 0. The Morgan fingerprint density at radius 3 is 2.69 bits per heavy atom. The van der Waals surface area contributed by atoms with E-state index in [1.807, 2.05) is 0 Å². The molecule has 0 radical (unpaired) electrons. The van der Waals surface area contributed by atoms with Gasteiger partial charge >= 0.3 is 0 Å². The van der Waals surface area contributed by atoms with Crippen LogP contribution in [0.2, 0.25) is 0 Å². The minimum absolute atomic E-state index is 0.0662. The fraction of sp³-hybridized carbons (Fsp3) is 0.0455. The number of fused-ring (bicyclic) bond motifs is 1. The largest absolute Gasteiger partial charge is 0.497 e. The number of benzene rings is 3. The number of methoxy groups -OCH3 is 1. The van der Waals surface area contributed by atoms with Gasteiger partial charge in [0, 0.05) is 17.7 Å². The molecule has 3 aromatic carbocycles. The number of aromatic nitrogens is 1. The van der Waals surface area contributed by atoms with Crippen molar-refractivity contribution >= 4 is 44.5 Å². The molecule has 0 saturated carbocycles. The van der Waals surface area contributed by atoms with Gasteiger partial charge in [-0.2, -0.15) is 10.1 Å². The van der Waals surface area contributed by atoms with E-state index >= 15 is 0 Å². The van der Waals surface area contributed by atoms with Crippen LogP contribution < -0.4 is 9.75 Å². The summed E-state index contributed by atoms with van der Waals surface area (Å²) in [7, 11) is 1.55. The highest BCUT2D eigenvalue weighted by Crippen LogP contribution is 2.31. The van der Waals surface area contributed by atoms with Crippen LogP contribution in [0.15, 0.2) is 71.8 Å². The van der Waals surface area contributed by atoms with Crippen LogP contribution >= 0.6 is 11.3 Å². The number of nitrogens with zero attached hydrogens (tertiary/aromatic N) is 4. The van der Waals surface area contributed by atoms with E-state index < -0.39 is 16.6 Å². The first kappa shape index (κ1) is 21.1. The van der Waals surface area contributed by atoms with E-state index in [1.165, 1.54) is 48.7 Å². The second-order valence-electron chi connectivity index (χ2n) is 6.55. The van der Waals surface area contributed by atoms with E-state index in [9.17, 15) is 19.3 Å². The third-order valence-corrected chi connectivity index (χ3v) is 5.45. The maximum Gasteiger partial charge on any atom is 0.281 e. The first-order chi connectivity index (χ1) is 15.4. The number of hydrogen-bond acceptors (Lipinski definition) is 7. The Hall–Kier alpha value is -4.18. The van der Waals surface area contributed by atoms with Gasteiger partial charge in [-0.25, -0.2) is 9.37 Å². The lowest BCUT2D eigenvalue weighted by molar-refractivity contribution is -0.384. The molecule has 1 heterocycles. The van der Waals surface area contributed by atoms with Crippen molar-refractivity contribution in [3.63, 3.8) is 0 Å². The predicted molar refractivity (Wildman–Crippen MR) is 120 cm³/mol. The molecule has 4 aromatic rings. The normalized spacial score (nSPS) is 11.1. The van der Waals surface area contributed by atoms with Crippen molar-refractivity contribution in [1.29, 1.82) is 0 Å². The Morgan fingerprint density at radius 2 is 1.97 bits per heavy atom. The van der Waals surface area contributed by atoms with Crippen LogP contribution in [-0.2, 0) is 0 Å². The van der Waals surface area contributed by atoms with Crippen molar-refractivity contribution in [1.82, 2.24) is 4.98 Å². The Balaban J connectivity index is 1.75. The van der Waals surface area contributed by atoms with E-state index in [-0.39, 0.29) is 16.4 Å². The fourth-order valence-corrected chi connectivity index (χ4v) is 3.80. The number of amides is 1. The Bertz CT molecular complexity index is 1340. The average Bonchev–Trinajstić information content (AvgIpc) is 3.22. The molecule has 0 N–H and O–H groups in total. The molecule has 0 atom stereocenters.